The Hall–Kier alpha value is -2.71. The Morgan fingerprint density at radius 2 is 1.74 bits per heavy atom. The summed E-state index contributed by atoms with van der Waals surface area (Å²) in [6.45, 7) is 3.94. The zero-order valence-electron chi connectivity index (χ0n) is 15.4. The van der Waals surface area contributed by atoms with Crippen LogP contribution in [0.1, 0.15) is 16.8 Å². The number of nitrogens with zero attached hydrogens (tertiary/aromatic N) is 3. The highest BCUT2D eigenvalue weighted by Gasteiger charge is 2.21. The molecule has 1 aromatic carbocycles. The molecule has 0 saturated carbocycles. The fraction of sp³-hybridized carbons (Fsp3) is 0.263. The van der Waals surface area contributed by atoms with Gasteiger partial charge in [-0.05, 0) is 25.5 Å². The van der Waals surface area contributed by atoms with Crippen LogP contribution in [0.2, 0.25) is 0 Å². The van der Waals surface area contributed by atoms with Gasteiger partial charge in [0.15, 0.2) is 0 Å². The van der Waals surface area contributed by atoms with Crippen LogP contribution in [-0.4, -0.2) is 46.1 Å². The minimum absolute atomic E-state index is 0.0418. The summed E-state index contributed by atoms with van der Waals surface area (Å²) in [4.78, 5) is 18.2. The highest BCUT2D eigenvalue weighted by atomic mass is 32.2. The lowest BCUT2D eigenvalue weighted by molar-refractivity contribution is -0.128. The average molecular weight is 387 g/mol. The normalized spacial score (nSPS) is 11.7. The van der Waals surface area contributed by atoms with Gasteiger partial charge in [-0.15, -0.1) is 0 Å². The lowest BCUT2D eigenvalue weighted by atomic mass is 10.1. The molecule has 0 radical (unpaired) electrons. The summed E-state index contributed by atoms with van der Waals surface area (Å²) in [5, 5.41) is 0. The highest BCUT2D eigenvalue weighted by molar-refractivity contribution is 7.85. The van der Waals surface area contributed by atoms with Gasteiger partial charge in [-0.1, -0.05) is 35.9 Å². The lowest BCUT2D eigenvalue weighted by Crippen LogP contribution is -2.33. The first kappa shape index (κ1) is 19.1. The average Bonchev–Trinajstić information content (AvgIpc) is 2.92. The molecule has 142 valence electrons. The van der Waals surface area contributed by atoms with Crippen molar-refractivity contribution in [3.8, 4) is 11.3 Å². The van der Waals surface area contributed by atoms with E-state index < -0.39 is 21.9 Å². The maximum absolute atomic E-state index is 12.6. The molecule has 2 aromatic heterocycles. The van der Waals surface area contributed by atoms with E-state index in [4.69, 9.17) is 4.55 Å². The van der Waals surface area contributed by atoms with E-state index >= 15 is 0 Å². The number of fused-ring (bicyclic) bond motifs is 1. The predicted octanol–water partition coefficient (Wildman–Crippen LogP) is 2.46. The van der Waals surface area contributed by atoms with Gasteiger partial charge < -0.3 is 9.30 Å². The van der Waals surface area contributed by atoms with Gasteiger partial charge in [0, 0.05) is 18.8 Å². The van der Waals surface area contributed by atoms with Crippen LogP contribution in [-0.2, 0) is 21.3 Å². The second-order valence-electron chi connectivity index (χ2n) is 6.69. The number of amides is 1. The monoisotopic (exact) mass is 387 g/mol. The van der Waals surface area contributed by atoms with E-state index in [0.29, 0.717) is 17.0 Å². The molecule has 27 heavy (non-hydrogen) atoms. The largest absolute Gasteiger partial charge is 0.329 e. The zero-order chi connectivity index (χ0) is 19.8. The van der Waals surface area contributed by atoms with Crippen molar-refractivity contribution in [2.75, 3.05) is 12.9 Å². The number of hydrogen-bond acceptors (Lipinski definition) is 4. The number of carbonyl (C=O) groups is 1. The van der Waals surface area contributed by atoms with E-state index in [9.17, 15) is 13.2 Å². The smallest absolute Gasteiger partial charge is 0.283 e. The first-order valence-corrected chi connectivity index (χ1v) is 9.99. The molecule has 0 saturated heterocycles. The van der Waals surface area contributed by atoms with Gasteiger partial charge in [0.2, 0.25) is 5.91 Å². The van der Waals surface area contributed by atoms with E-state index in [1.807, 2.05) is 60.8 Å². The van der Waals surface area contributed by atoms with Gasteiger partial charge in [-0.25, -0.2) is 4.98 Å². The van der Waals surface area contributed by atoms with E-state index in [1.54, 1.807) is 0 Å². The number of hydrogen-bond donors (Lipinski definition) is 1. The SMILES string of the molecule is Cc1ccc(-c2nc3ccc(C)cn3c2CC(=O)N(C)CS(=O)(=O)O)cc1. The molecule has 0 aliphatic heterocycles. The van der Waals surface area contributed by atoms with Crippen molar-refractivity contribution >= 4 is 21.7 Å². The van der Waals surface area contributed by atoms with Crippen molar-refractivity contribution in [2.24, 2.45) is 0 Å². The first-order chi connectivity index (χ1) is 12.6. The molecule has 3 aromatic rings. The fourth-order valence-corrected chi connectivity index (χ4v) is 3.54. The van der Waals surface area contributed by atoms with E-state index in [0.717, 1.165) is 21.6 Å². The number of imidazole rings is 1. The Bertz CT molecular complexity index is 1100. The quantitative estimate of drug-likeness (QED) is 0.679. The number of carbonyl (C=O) groups excluding carboxylic acids is 1. The van der Waals surface area contributed by atoms with Crippen LogP contribution in [0, 0.1) is 13.8 Å². The standard InChI is InChI=1S/C19H21N3O4S/c1-13-4-7-15(8-5-13)19-16(10-18(23)21(3)12-27(24,25)26)22-11-14(2)6-9-17(22)20-19/h4-9,11H,10,12H2,1-3H3,(H,24,25,26). The van der Waals surface area contributed by atoms with Crippen molar-refractivity contribution in [1.29, 1.82) is 0 Å². The Labute approximate surface area is 158 Å². The molecule has 0 spiro atoms. The minimum atomic E-state index is -4.28. The number of aromatic nitrogens is 2. The summed E-state index contributed by atoms with van der Waals surface area (Å²) in [7, 11) is -2.94. The molecule has 1 N–H and O–H groups in total. The van der Waals surface area contributed by atoms with Gasteiger partial charge in [0.25, 0.3) is 10.1 Å². The molecule has 0 aliphatic rings. The molecule has 1 amide bonds. The summed E-state index contributed by atoms with van der Waals surface area (Å²) < 4.78 is 33.0. The second-order valence-corrected chi connectivity index (χ2v) is 8.11. The van der Waals surface area contributed by atoms with E-state index in [-0.39, 0.29) is 6.42 Å². The van der Waals surface area contributed by atoms with Gasteiger partial charge >= 0.3 is 0 Å². The van der Waals surface area contributed by atoms with Crippen LogP contribution in [0.25, 0.3) is 16.9 Å². The molecule has 2 heterocycles. The topological polar surface area (TPSA) is 92.0 Å². The van der Waals surface area contributed by atoms with Gasteiger partial charge in [0.05, 0.1) is 17.8 Å². The Balaban J connectivity index is 2.06. The molecule has 0 unspecified atom stereocenters. The predicted molar refractivity (Wildman–Crippen MR) is 103 cm³/mol. The Kier molecular flexibility index (Phi) is 5.03. The second kappa shape index (κ2) is 7.13. The molecule has 8 heteroatoms. The maximum Gasteiger partial charge on any atom is 0.283 e. The number of aryl methyl sites for hydroxylation is 2. The van der Waals surface area contributed by atoms with E-state index in [2.05, 4.69) is 4.98 Å². The highest BCUT2D eigenvalue weighted by Crippen LogP contribution is 2.26. The molecule has 7 nitrogen and oxygen atoms in total. The number of rotatable bonds is 5. The van der Waals surface area contributed by atoms with Crippen LogP contribution in [0.5, 0.6) is 0 Å². The Morgan fingerprint density at radius 1 is 1.11 bits per heavy atom. The lowest BCUT2D eigenvalue weighted by Gasteiger charge is -2.15. The van der Waals surface area contributed by atoms with Crippen LogP contribution in [0.3, 0.4) is 0 Å². The molecule has 0 atom stereocenters. The summed E-state index contributed by atoms with van der Waals surface area (Å²) in [6, 6.07) is 11.7. The first-order valence-electron chi connectivity index (χ1n) is 8.38. The van der Waals surface area contributed by atoms with Crippen LogP contribution < -0.4 is 0 Å². The van der Waals surface area contributed by atoms with Crippen molar-refractivity contribution in [3.63, 3.8) is 0 Å². The van der Waals surface area contributed by atoms with Crippen molar-refractivity contribution in [1.82, 2.24) is 14.3 Å². The number of likely N-dealkylation sites (N-methyl/N-ethyl adjacent to an activating group) is 1. The Morgan fingerprint density at radius 3 is 2.37 bits per heavy atom. The summed E-state index contributed by atoms with van der Waals surface area (Å²) in [6.07, 6.45) is 1.85. The molecular formula is C19H21N3O4S. The number of pyridine rings is 1. The third-order valence-corrected chi connectivity index (χ3v) is 5.01. The maximum atomic E-state index is 12.6. The van der Waals surface area contributed by atoms with Crippen LogP contribution >= 0.6 is 0 Å². The molecule has 3 rings (SSSR count). The van der Waals surface area contributed by atoms with Crippen LogP contribution in [0.15, 0.2) is 42.6 Å². The fourth-order valence-electron chi connectivity index (χ4n) is 2.91. The van der Waals surface area contributed by atoms with Gasteiger partial charge in [-0.3, -0.25) is 9.35 Å². The van der Waals surface area contributed by atoms with E-state index in [1.165, 1.54) is 7.05 Å². The summed E-state index contributed by atoms with van der Waals surface area (Å²) in [5.41, 5.74) is 5.05. The van der Waals surface area contributed by atoms with Gasteiger partial charge in [-0.2, -0.15) is 8.42 Å². The summed E-state index contributed by atoms with van der Waals surface area (Å²) in [5.74, 6) is -1.18. The van der Waals surface area contributed by atoms with Crippen LogP contribution in [0.4, 0.5) is 0 Å². The molecule has 0 bridgehead atoms. The van der Waals surface area contributed by atoms with Gasteiger partial charge in [0.1, 0.15) is 11.5 Å². The van der Waals surface area contributed by atoms with Crippen molar-refractivity contribution in [2.45, 2.75) is 20.3 Å². The summed E-state index contributed by atoms with van der Waals surface area (Å²) >= 11 is 0. The number of benzene rings is 1. The third-order valence-electron chi connectivity index (χ3n) is 4.29. The minimum Gasteiger partial charge on any atom is -0.329 e. The van der Waals surface area contributed by atoms with Crippen molar-refractivity contribution in [3.05, 3.63) is 59.4 Å². The molecule has 0 fully saturated rings. The van der Waals surface area contributed by atoms with Crippen molar-refractivity contribution < 1.29 is 17.8 Å². The zero-order valence-corrected chi connectivity index (χ0v) is 16.2. The molecule has 0 aliphatic carbocycles. The third kappa shape index (κ3) is 4.35. The molecular weight excluding hydrogens is 366 g/mol.